The quantitative estimate of drug-likeness (QED) is 0.901. The SMILES string of the molecule is CC1(C(=O)O)CCCCN1CCOc1ccccc1F. The molecule has 1 aliphatic heterocycles. The van der Waals surface area contributed by atoms with Crippen molar-refractivity contribution in [3.8, 4) is 5.75 Å². The van der Waals surface area contributed by atoms with Gasteiger partial charge in [-0.15, -0.1) is 0 Å². The van der Waals surface area contributed by atoms with Crippen molar-refractivity contribution in [2.24, 2.45) is 0 Å². The van der Waals surface area contributed by atoms with Gasteiger partial charge in [0.05, 0.1) is 0 Å². The molecule has 0 aliphatic carbocycles. The van der Waals surface area contributed by atoms with Gasteiger partial charge in [-0.25, -0.2) is 4.39 Å². The first-order valence-corrected chi connectivity index (χ1v) is 6.90. The molecule has 4 nitrogen and oxygen atoms in total. The van der Waals surface area contributed by atoms with E-state index in [0.717, 1.165) is 19.4 Å². The van der Waals surface area contributed by atoms with Gasteiger partial charge in [-0.05, 0) is 44.9 Å². The summed E-state index contributed by atoms with van der Waals surface area (Å²) < 4.78 is 18.8. The first-order valence-electron chi connectivity index (χ1n) is 6.90. The number of para-hydroxylation sites is 1. The lowest BCUT2D eigenvalue weighted by Gasteiger charge is -2.41. The highest BCUT2D eigenvalue weighted by Crippen LogP contribution is 2.28. The molecule has 1 saturated heterocycles. The Labute approximate surface area is 118 Å². The summed E-state index contributed by atoms with van der Waals surface area (Å²) in [5.74, 6) is -0.989. The maximum absolute atomic E-state index is 13.4. The second-order valence-corrected chi connectivity index (χ2v) is 5.30. The Morgan fingerprint density at radius 3 is 2.90 bits per heavy atom. The zero-order valence-corrected chi connectivity index (χ0v) is 11.6. The zero-order valence-electron chi connectivity index (χ0n) is 11.6. The number of benzene rings is 1. The summed E-state index contributed by atoms with van der Waals surface area (Å²) in [7, 11) is 0. The maximum atomic E-state index is 13.4. The van der Waals surface area contributed by atoms with E-state index in [1.807, 2.05) is 4.90 Å². The third-order valence-electron chi connectivity index (χ3n) is 3.96. The fourth-order valence-electron chi connectivity index (χ4n) is 2.61. The van der Waals surface area contributed by atoms with Crippen LogP contribution in [0.5, 0.6) is 5.75 Å². The van der Waals surface area contributed by atoms with Crippen LogP contribution in [0.4, 0.5) is 4.39 Å². The van der Waals surface area contributed by atoms with Gasteiger partial charge in [0.25, 0.3) is 0 Å². The van der Waals surface area contributed by atoms with Crippen LogP contribution in [0.2, 0.25) is 0 Å². The summed E-state index contributed by atoms with van der Waals surface area (Å²) in [6.45, 7) is 3.25. The van der Waals surface area contributed by atoms with Crippen LogP contribution in [-0.4, -0.2) is 41.2 Å². The van der Waals surface area contributed by atoms with Crippen LogP contribution in [0.25, 0.3) is 0 Å². The molecule has 0 aromatic heterocycles. The fraction of sp³-hybridized carbons (Fsp3) is 0.533. The van der Waals surface area contributed by atoms with Crippen molar-refractivity contribution in [3.63, 3.8) is 0 Å². The number of ether oxygens (including phenoxy) is 1. The Morgan fingerprint density at radius 2 is 2.20 bits per heavy atom. The number of likely N-dealkylation sites (tertiary alicyclic amines) is 1. The van der Waals surface area contributed by atoms with Crippen molar-refractivity contribution in [3.05, 3.63) is 30.1 Å². The van der Waals surface area contributed by atoms with Gasteiger partial charge in [-0.1, -0.05) is 12.1 Å². The molecule has 1 fully saturated rings. The Bertz CT molecular complexity index is 480. The number of carboxylic acids is 1. The standard InChI is InChI=1S/C15H20FNO3/c1-15(14(18)19)8-4-5-9-17(15)10-11-20-13-7-3-2-6-12(13)16/h2-3,6-7H,4-5,8-11H2,1H3,(H,18,19). The zero-order chi connectivity index (χ0) is 14.6. The Morgan fingerprint density at radius 1 is 1.45 bits per heavy atom. The summed E-state index contributed by atoms with van der Waals surface area (Å²) in [6, 6.07) is 6.23. The number of rotatable bonds is 5. The molecule has 0 bridgehead atoms. The Hall–Kier alpha value is -1.62. The van der Waals surface area contributed by atoms with E-state index in [2.05, 4.69) is 0 Å². The summed E-state index contributed by atoms with van der Waals surface area (Å²) in [5, 5.41) is 9.39. The molecule has 0 amide bonds. The molecule has 0 radical (unpaired) electrons. The second-order valence-electron chi connectivity index (χ2n) is 5.30. The van der Waals surface area contributed by atoms with E-state index in [-0.39, 0.29) is 12.4 Å². The topological polar surface area (TPSA) is 49.8 Å². The minimum absolute atomic E-state index is 0.210. The molecule has 1 heterocycles. The summed E-state index contributed by atoms with van der Waals surface area (Å²) in [4.78, 5) is 13.3. The molecule has 1 aromatic carbocycles. The number of aliphatic carboxylic acids is 1. The summed E-state index contributed by atoms with van der Waals surface area (Å²) in [6.07, 6.45) is 2.55. The van der Waals surface area contributed by atoms with Crippen molar-refractivity contribution in [1.29, 1.82) is 0 Å². The number of hydrogen-bond donors (Lipinski definition) is 1. The van der Waals surface area contributed by atoms with Gasteiger partial charge in [-0.2, -0.15) is 0 Å². The number of halogens is 1. The molecule has 20 heavy (non-hydrogen) atoms. The molecule has 5 heteroatoms. The fourth-order valence-corrected chi connectivity index (χ4v) is 2.61. The van der Waals surface area contributed by atoms with Crippen LogP contribution < -0.4 is 4.74 Å². The van der Waals surface area contributed by atoms with Crippen LogP contribution in [0.3, 0.4) is 0 Å². The smallest absolute Gasteiger partial charge is 0.323 e. The van der Waals surface area contributed by atoms with Gasteiger partial charge in [0, 0.05) is 6.54 Å². The third kappa shape index (κ3) is 3.10. The monoisotopic (exact) mass is 281 g/mol. The first-order chi connectivity index (χ1) is 9.54. The molecule has 1 unspecified atom stereocenters. The molecule has 0 saturated carbocycles. The normalized spacial score (nSPS) is 23.5. The molecule has 110 valence electrons. The van der Waals surface area contributed by atoms with Crippen LogP contribution >= 0.6 is 0 Å². The first kappa shape index (κ1) is 14.8. The van der Waals surface area contributed by atoms with Crippen LogP contribution in [0, 0.1) is 5.82 Å². The van der Waals surface area contributed by atoms with E-state index < -0.39 is 17.3 Å². The van der Waals surface area contributed by atoms with Gasteiger partial charge < -0.3 is 9.84 Å². The van der Waals surface area contributed by atoms with Crippen molar-refractivity contribution in [2.45, 2.75) is 31.7 Å². The molecular formula is C15H20FNO3. The molecule has 1 aliphatic rings. The lowest BCUT2D eigenvalue weighted by Crippen LogP contribution is -2.56. The van der Waals surface area contributed by atoms with Gasteiger partial charge >= 0.3 is 5.97 Å². The maximum Gasteiger partial charge on any atom is 0.323 e. The molecule has 0 spiro atoms. The van der Waals surface area contributed by atoms with Crippen molar-refractivity contribution in [1.82, 2.24) is 4.90 Å². The Balaban J connectivity index is 1.92. The van der Waals surface area contributed by atoms with E-state index in [4.69, 9.17) is 4.74 Å². The number of hydrogen-bond acceptors (Lipinski definition) is 3. The van der Waals surface area contributed by atoms with Crippen molar-refractivity contribution >= 4 is 5.97 Å². The van der Waals surface area contributed by atoms with Crippen molar-refractivity contribution < 1.29 is 19.0 Å². The highest BCUT2D eigenvalue weighted by Gasteiger charge is 2.40. The summed E-state index contributed by atoms with van der Waals surface area (Å²) in [5.41, 5.74) is -0.836. The van der Waals surface area contributed by atoms with Gasteiger partial charge in [0.15, 0.2) is 11.6 Å². The van der Waals surface area contributed by atoms with Crippen LogP contribution in [0.15, 0.2) is 24.3 Å². The number of carbonyl (C=O) groups is 1. The lowest BCUT2D eigenvalue weighted by molar-refractivity contribution is -0.153. The number of nitrogens with zero attached hydrogens (tertiary/aromatic N) is 1. The van der Waals surface area contributed by atoms with Gasteiger partial charge in [0.2, 0.25) is 0 Å². The van der Waals surface area contributed by atoms with Crippen LogP contribution in [-0.2, 0) is 4.79 Å². The largest absolute Gasteiger partial charge is 0.489 e. The van der Waals surface area contributed by atoms with E-state index >= 15 is 0 Å². The summed E-state index contributed by atoms with van der Waals surface area (Å²) >= 11 is 0. The molecular weight excluding hydrogens is 261 g/mol. The third-order valence-corrected chi connectivity index (χ3v) is 3.96. The molecule has 1 atom stereocenters. The molecule has 2 rings (SSSR count). The minimum atomic E-state index is -0.836. The predicted octanol–water partition coefficient (Wildman–Crippen LogP) is 2.53. The molecule has 1 N–H and O–H groups in total. The number of carboxylic acid groups (broad SMARTS) is 1. The number of piperidine rings is 1. The minimum Gasteiger partial charge on any atom is -0.489 e. The van der Waals surface area contributed by atoms with Crippen LogP contribution in [0.1, 0.15) is 26.2 Å². The average Bonchev–Trinajstić information content (AvgIpc) is 2.43. The van der Waals surface area contributed by atoms with E-state index in [9.17, 15) is 14.3 Å². The highest BCUT2D eigenvalue weighted by molar-refractivity contribution is 5.78. The van der Waals surface area contributed by atoms with E-state index in [1.54, 1.807) is 25.1 Å². The Kier molecular flexibility index (Phi) is 4.60. The molecule has 1 aromatic rings. The second kappa shape index (κ2) is 6.22. The van der Waals surface area contributed by atoms with Crippen molar-refractivity contribution in [2.75, 3.05) is 19.7 Å². The van der Waals surface area contributed by atoms with E-state index in [1.165, 1.54) is 6.07 Å². The lowest BCUT2D eigenvalue weighted by atomic mass is 9.88. The van der Waals surface area contributed by atoms with Gasteiger partial charge in [0.1, 0.15) is 12.1 Å². The predicted molar refractivity (Wildman–Crippen MR) is 73.4 cm³/mol. The average molecular weight is 281 g/mol. The highest BCUT2D eigenvalue weighted by atomic mass is 19.1. The van der Waals surface area contributed by atoms with Gasteiger partial charge in [-0.3, -0.25) is 9.69 Å². The van der Waals surface area contributed by atoms with E-state index in [0.29, 0.717) is 13.0 Å².